The van der Waals surface area contributed by atoms with E-state index in [0.29, 0.717) is 12.3 Å². The van der Waals surface area contributed by atoms with Gasteiger partial charge in [-0.3, -0.25) is 5.10 Å². The van der Waals surface area contributed by atoms with Crippen LogP contribution < -0.4 is 4.74 Å². The number of H-pyrrole nitrogens is 1. The van der Waals surface area contributed by atoms with E-state index in [1.54, 1.807) is 6.92 Å². The van der Waals surface area contributed by atoms with E-state index in [2.05, 4.69) is 10.2 Å². The van der Waals surface area contributed by atoms with Gasteiger partial charge in [0.15, 0.2) is 0 Å². The Morgan fingerprint density at radius 2 is 2.25 bits per heavy atom. The number of nitrogens with zero attached hydrogens (tertiary/aromatic N) is 1. The van der Waals surface area contributed by atoms with Gasteiger partial charge in [0.2, 0.25) is 5.88 Å². The zero-order valence-corrected chi connectivity index (χ0v) is 6.90. The Morgan fingerprint density at radius 3 is 2.75 bits per heavy atom. The number of halogens is 2. The van der Waals surface area contributed by atoms with Gasteiger partial charge in [-0.2, -0.15) is 0 Å². The molecule has 0 saturated carbocycles. The maximum Gasteiger partial charge on any atom is 0.270 e. The first kappa shape index (κ1) is 8.96. The first-order valence-corrected chi connectivity index (χ1v) is 3.62. The Kier molecular flexibility index (Phi) is 2.62. The summed E-state index contributed by atoms with van der Waals surface area (Å²) in [6, 6.07) is 0. The van der Waals surface area contributed by atoms with Crippen LogP contribution >= 0.6 is 0 Å². The molecule has 0 spiro atoms. The fourth-order valence-electron chi connectivity index (χ4n) is 0.919. The highest BCUT2D eigenvalue weighted by Crippen LogP contribution is 2.29. The number of aryl methyl sites for hydroxylation is 1. The van der Waals surface area contributed by atoms with Gasteiger partial charge < -0.3 is 4.74 Å². The average molecular weight is 176 g/mol. The Balaban J connectivity index is 2.95. The zero-order valence-electron chi connectivity index (χ0n) is 6.90. The molecule has 0 amide bonds. The molecule has 1 aromatic rings. The Bertz CT molecular complexity index is 260. The molecule has 1 N–H and O–H groups in total. The van der Waals surface area contributed by atoms with Crippen LogP contribution in [0.4, 0.5) is 8.78 Å². The van der Waals surface area contributed by atoms with Gasteiger partial charge in [0, 0.05) is 5.69 Å². The second kappa shape index (κ2) is 3.51. The Labute approximate surface area is 68.7 Å². The summed E-state index contributed by atoms with van der Waals surface area (Å²) in [6.07, 6.45) is -2.54. The molecule has 68 valence electrons. The van der Waals surface area contributed by atoms with E-state index >= 15 is 0 Å². The maximum absolute atomic E-state index is 12.3. The van der Waals surface area contributed by atoms with Crippen LogP contribution in [0.25, 0.3) is 0 Å². The van der Waals surface area contributed by atoms with Crippen molar-refractivity contribution in [3.63, 3.8) is 0 Å². The van der Waals surface area contributed by atoms with E-state index in [4.69, 9.17) is 4.74 Å². The van der Waals surface area contributed by atoms with Crippen molar-refractivity contribution in [1.29, 1.82) is 0 Å². The van der Waals surface area contributed by atoms with Gasteiger partial charge in [0.05, 0.1) is 6.61 Å². The van der Waals surface area contributed by atoms with Crippen LogP contribution in [0.3, 0.4) is 0 Å². The van der Waals surface area contributed by atoms with Gasteiger partial charge in [-0.25, -0.2) is 8.78 Å². The molecule has 0 atom stereocenters. The smallest absolute Gasteiger partial charge is 0.270 e. The molecule has 0 aliphatic carbocycles. The number of nitrogens with one attached hydrogen (secondary N) is 1. The molecule has 0 radical (unpaired) electrons. The molecule has 0 aliphatic heterocycles. The van der Waals surface area contributed by atoms with Crippen molar-refractivity contribution in [2.75, 3.05) is 6.61 Å². The van der Waals surface area contributed by atoms with Crippen LogP contribution in [0.2, 0.25) is 0 Å². The van der Waals surface area contributed by atoms with Crippen LogP contribution in [0.5, 0.6) is 5.88 Å². The van der Waals surface area contributed by atoms with Crippen molar-refractivity contribution in [2.45, 2.75) is 20.3 Å². The van der Waals surface area contributed by atoms with Crippen molar-refractivity contribution >= 4 is 0 Å². The molecule has 3 nitrogen and oxygen atoms in total. The van der Waals surface area contributed by atoms with Gasteiger partial charge in [-0.05, 0) is 13.8 Å². The van der Waals surface area contributed by atoms with Gasteiger partial charge in [0.25, 0.3) is 6.43 Å². The third kappa shape index (κ3) is 1.54. The number of aromatic amines is 1. The lowest BCUT2D eigenvalue weighted by molar-refractivity contribution is 0.144. The lowest BCUT2D eigenvalue weighted by Gasteiger charge is -2.01. The minimum atomic E-state index is -2.54. The van der Waals surface area contributed by atoms with Crippen molar-refractivity contribution in [3.8, 4) is 5.88 Å². The number of hydrogen-bond donors (Lipinski definition) is 1. The first-order valence-electron chi connectivity index (χ1n) is 3.62. The van der Waals surface area contributed by atoms with Crippen LogP contribution in [-0.4, -0.2) is 16.8 Å². The second-order valence-electron chi connectivity index (χ2n) is 2.30. The summed E-state index contributed by atoms with van der Waals surface area (Å²) in [7, 11) is 0. The highest BCUT2D eigenvalue weighted by atomic mass is 19.3. The normalized spacial score (nSPS) is 10.8. The number of hydrogen-bond acceptors (Lipinski definition) is 2. The van der Waals surface area contributed by atoms with Gasteiger partial charge in [0.1, 0.15) is 5.56 Å². The third-order valence-electron chi connectivity index (χ3n) is 1.46. The maximum atomic E-state index is 12.3. The van der Waals surface area contributed by atoms with E-state index in [9.17, 15) is 8.78 Å². The molecule has 0 unspecified atom stereocenters. The minimum absolute atomic E-state index is 0.00463. The number of ether oxygens (including phenoxy) is 1. The van der Waals surface area contributed by atoms with Gasteiger partial charge in [-0.1, -0.05) is 0 Å². The predicted octanol–water partition coefficient (Wildman–Crippen LogP) is 2.05. The Morgan fingerprint density at radius 1 is 1.58 bits per heavy atom. The number of aromatic nitrogens is 2. The van der Waals surface area contributed by atoms with E-state index in [0.717, 1.165) is 0 Å². The van der Waals surface area contributed by atoms with Crippen LogP contribution in [0.15, 0.2) is 0 Å². The molecule has 1 aromatic heterocycles. The van der Waals surface area contributed by atoms with Gasteiger partial charge >= 0.3 is 0 Å². The number of alkyl halides is 2. The molecule has 0 saturated heterocycles. The first-order chi connectivity index (χ1) is 5.66. The van der Waals surface area contributed by atoms with Crippen LogP contribution in [-0.2, 0) is 0 Å². The zero-order chi connectivity index (χ0) is 9.14. The molecule has 12 heavy (non-hydrogen) atoms. The minimum Gasteiger partial charge on any atom is -0.477 e. The summed E-state index contributed by atoms with van der Waals surface area (Å²) < 4.78 is 29.5. The monoisotopic (exact) mass is 176 g/mol. The lowest BCUT2D eigenvalue weighted by Crippen LogP contribution is -1.96. The summed E-state index contributed by atoms with van der Waals surface area (Å²) in [5.74, 6) is 0.00463. The van der Waals surface area contributed by atoms with Crippen LogP contribution in [0, 0.1) is 6.92 Å². The van der Waals surface area contributed by atoms with E-state index in [-0.39, 0.29) is 11.4 Å². The molecule has 0 aliphatic rings. The fraction of sp³-hybridized carbons (Fsp3) is 0.571. The standard InChI is InChI=1S/C7H10F2N2O/c1-3-12-7-5(6(8)9)4(2)10-11-7/h6H,3H2,1-2H3,(H,10,11). The highest BCUT2D eigenvalue weighted by Gasteiger charge is 2.20. The average Bonchev–Trinajstić information content (AvgIpc) is 2.32. The molecule has 5 heteroatoms. The molecular formula is C7H10F2N2O. The summed E-state index contributed by atoms with van der Waals surface area (Å²) >= 11 is 0. The van der Waals surface area contributed by atoms with E-state index in [1.165, 1.54) is 6.92 Å². The van der Waals surface area contributed by atoms with E-state index in [1.807, 2.05) is 0 Å². The largest absolute Gasteiger partial charge is 0.477 e. The topological polar surface area (TPSA) is 37.9 Å². The quantitative estimate of drug-likeness (QED) is 0.765. The van der Waals surface area contributed by atoms with Crippen LogP contribution in [0.1, 0.15) is 24.6 Å². The lowest BCUT2D eigenvalue weighted by atomic mass is 10.3. The number of rotatable bonds is 3. The Hall–Kier alpha value is -1.13. The highest BCUT2D eigenvalue weighted by molar-refractivity contribution is 5.30. The molecule has 0 aromatic carbocycles. The van der Waals surface area contributed by atoms with E-state index < -0.39 is 6.43 Å². The molecular weight excluding hydrogens is 166 g/mol. The van der Waals surface area contributed by atoms with Gasteiger partial charge in [-0.15, -0.1) is 5.10 Å². The van der Waals surface area contributed by atoms with Crippen molar-refractivity contribution in [1.82, 2.24) is 10.2 Å². The molecule has 1 rings (SSSR count). The SMILES string of the molecule is CCOc1n[nH]c(C)c1C(F)F. The summed E-state index contributed by atoms with van der Waals surface area (Å²) in [5, 5.41) is 6.05. The second-order valence-corrected chi connectivity index (χ2v) is 2.30. The van der Waals surface area contributed by atoms with Crippen molar-refractivity contribution in [3.05, 3.63) is 11.3 Å². The molecule has 0 fully saturated rings. The van der Waals surface area contributed by atoms with Crippen molar-refractivity contribution in [2.24, 2.45) is 0 Å². The summed E-state index contributed by atoms with van der Waals surface area (Å²) in [6.45, 7) is 3.60. The van der Waals surface area contributed by atoms with Crippen molar-refractivity contribution < 1.29 is 13.5 Å². The molecule has 1 heterocycles. The fourth-order valence-corrected chi connectivity index (χ4v) is 0.919. The summed E-state index contributed by atoms with van der Waals surface area (Å²) in [4.78, 5) is 0. The molecule has 0 bridgehead atoms. The summed E-state index contributed by atoms with van der Waals surface area (Å²) in [5.41, 5.74) is 0.213. The predicted molar refractivity (Wildman–Crippen MR) is 39.5 cm³/mol. The third-order valence-corrected chi connectivity index (χ3v) is 1.46.